The maximum Gasteiger partial charge on any atom is 0.145 e. The molecule has 0 bridgehead atoms. The number of halogens is 1. The third kappa shape index (κ3) is 3.90. The Kier molecular flexibility index (Phi) is 5.73. The van der Waals surface area contributed by atoms with Gasteiger partial charge in [-0.15, -0.1) is 0 Å². The molecule has 0 amide bonds. The van der Waals surface area contributed by atoms with E-state index in [0.29, 0.717) is 0 Å². The van der Waals surface area contributed by atoms with Crippen molar-refractivity contribution in [1.82, 2.24) is 9.55 Å². The van der Waals surface area contributed by atoms with E-state index in [2.05, 4.69) is 174 Å². The van der Waals surface area contributed by atoms with Crippen molar-refractivity contribution in [2.45, 2.75) is 19.3 Å². The second-order valence-corrected chi connectivity index (χ2v) is 13.4. The van der Waals surface area contributed by atoms with Gasteiger partial charge in [0.15, 0.2) is 0 Å². The molecule has 7 aromatic rings. The quantitative estimate of drug-likeness (QED) is 0.188. The Morgan fingerprint density at radius 1 is 0.667 bits per heavy atom. The molecule has 214 valence electrons. The van der Waals surface area contributed by atoms with E-state index in [-0.39, 0.29) is 5.41 Å². The van der Waals surface area contributed by atoms with E-state index in [9.17, 15) is 0 Å². The fourth-order valence-corrected chi connectivity index (χ4v) is 8.11. The second kappa shape index (κ2) is 9.76. The van der Waals surface area contributed by atoms with Crippen LogP contribution in [-0.4, -0.2) is 9.55 Å². The summed E-state index contributed by atoms with van der Waals surface area (Å²) < 4.78 is 3.44. The largest absolute Gasteiger partial charge is 0.292 e. The van der Waals surface area contributed by atoms with Gasteiger partial charge in [-0.05, 0) is 119 Å². The monoisotopic (exact) mass is 640 g/mol. The van der Waals surface area contributed by atoms with Crippen LogP contribution in [0.2, 0.25) is 0 Å². The average Bonchev–Trinajstić information content (AvgIpc) is 3.65. The predicted molar refractivity (Wildman–Crippen MR) is 189 cm³/mol. The van der Waals surface area contributed by atoms with Gasteiger partial charge in [-0.2, -0.15) is 0 Å². The van der Waals surface area contributed by atoms with Crippen LogP contribution < -0.4 is 10.4 Å². The van der Waals surface area contributed by atoms with Crippen molar-refractivity contribution in [3.05, 3.63) is 175 Å². The SMILES string of the molecule is CC1(C)c2ccccc2C=c2c1cc1c(c2Br)C=c2cccc(-c3cccc(-c4nc5ccccc5n4-c4ccccc4)c3)c2=1. The standard InChI is InChI=1S/C42H29BrN2/c1-42(2)35-19-7-6-12-27(35)23-34-36(42)25-32-33(40(34)43)24-28-14-11-18-31(39(28)32)26-13-10-15-29(22-26)41-44-37-20-8-9-21-38(37)45(41)30-16-4-3-5-17-30/h3-25H,1-2H3. The molecule has 0 aliphatic heterocycles. The van der Waals surface area contributed by atoms with Crippen molar-refractivity contribution in [2.24, 2.45) is 0 Å². The first kappa shape index (κ1) is 26.4. The van der Waals surface area contributed by atoms with E-state index in [1.54, 1.807) is 0 Å². The van der Waals surface area contributed by atoms with Crippen molar-refractivity contribution < 1.29 is 0 Å². The van der Waals surface area contributed by atoms with Crippen LogP contribution in [0.4, 0.5) is 0 Å². The Bertz CT molecular complexity index is 2580. The molecule has 1 heterocycles. The molecule has 2 aliphatic rings. The molecule has 2 nitrogen and oxygen atoms in total. The minimum atomic E-state index is -0.119. The molecule has 45 heavy (non-hydrogen) atoms. The normalized spacial score (nSPS) is 13.8. The molecule has 0 radical (unpaired) electrons. The zero-order chi connectivity index (χ0) is 30.3. The van der Waals surface area contributed by atoms with Crippen LogP contribution in [0.25, 0.3) is 51.4 Å². The highest BCUT2D eigenvalue weighted by Crippen LogP contribution is 2.38. The van der Waals surface area contributed by atoms with E-state index in [1.807, 2.05) is 0 Å². The van der Waals surface area contributed by atoms with Crippen molar-refractivity contribution in [1.29, 1.82) is 0 Å². The number of rotatable bonds is 3. The van der Waals surface area contributed by atoms with Gasteiger partial charge in [0, 0.05) is 21.1 Å². The van der Waals surface area contributed by atoms with Crippen LogP contribution >= 0.6 is 15.9 Å². The molecule has 0 saturated carbocycles. The minimum Gasteiger partial charge on any atom is -0.292 e. The van der Waals surface area contributed by atoms with E-state index in [0.717, 1.165) is 28.1 Å². The van der Waals surface area contributed by atoms with Gasteiger partial charge in [0.2, 0.25) is 0 Å². The first-order chi connectivity index (χ1) is 22.0. The number of hydrogen-bond acceptors (Lipinski definition) is 1. The lowest BCUT2D eigenvalue weighted by Gasteiger charge is -2.32. The van der Waals surface area contributed by atoms with E-state index < -0.39 is 0 Å². The van der Waals surface area contributed by atoms with Crippen LogP contribution in [0.1, 0.15) is 36.1 Å². The molecule has 0 saturated heterocycles. The maximum absolute atomic E-state index is 5.14. The molecule has 9 rings (SSSR count). The van der Waals surface area contributed by atoms with Crippen LogP contribution in [0, 0.1) is 10.4 Å². The third-order valence-corrected chi connectivity index (χ3v) is 10.5. The first-order valence-electron chi connectivity index (χ1n) is 15.4. The highest BCUT2D eigenvalue weighted by Gasteiger charge is 2.31. The fourth-order valence-electron chi connectivity index (χ4n) is 7.45. The Hall–Kier alpha value is -4.99. The number of imidazole rings is 1. The first-order valence-corrected chi connectivity index (χ1v) is 16.2. The molecule has 0 spiro atoms. The molecule has 0 fully saturated rings. The summed E-state index contributed by atoms with van der Waals surface area (Å²) in [5.41, 5.74) is 11.9. The summed E-state index contributed by atoms with van der Waals surface area (Å²) in [7, 11) is 0. The number of benzene rings is 6. The lowest BCUT2D eigenvalue weighted by molar-refractivity contribution is 0.628. The molecule has 2 aliphatic carbocycles. The summed E-state index contributed by atoms with van der Waals surface area (Å²) in [4.78, 5) is 5.14. The van der Waals surface area contributed by atoms with Gasteiger partial charge in [0.1, 0.15) is 5.82 Å². The lowest BCUT2D eigenvalue weighted by Crippen LogP contribution is -2.32. The Morgan fingerprint density at radius 2 is 1.42 bits per heavy atom. The van der Waals surface area contributed by atoms with Crippen LogP contribution in [0.5, 0.6) is 0 Å². The summed E-state index contributed by atoms with van der Waals surface area (Å²) in [5.74, 6) is 0.941. The number of nitrogens with zero attached hydrogens (tertiary/aromatic N) is 2. The van der Waals surface area contributed by atoms with Crippen molar-refractivity contribution >= 4 is 39.1 Å². The summed E-state index contributed by atoms with van der Waals surface area (Å²) in [6, 6.07) is 45.7. The molecule has 0 N–H and O–H groups in total. The highest BCUT2D eigenvalue weighted by atomic mass is 79.9. The highest BCUT2D eigenvalue weighted by molar-refractivity contribution is 9.10. The summed E-state index contributed by atoms with van der Waals surface area (Å²) in [6.45, 7) is 4.70. The van der Waals surface area contributed by atoms with Crippen LogP contribution in [0.3, 0.4) is 0 Å². The van der Waals surface area contributed by atoms with Gasteiger partial charge in [0.25, 0.3) is 0 Å². The number of para-hydroxylation sites is 3. The lowest BCUT2D eigenvalue weighted by atomic mass is 9.72. The van der Waals surface area contributed by atoms with Gasteiger partial charge in [-0.25, -0.2) is 4.98 Å². The Morgan fingerprint density at radius 3 is 2.31 bits per heavy atom. The molecule has 6 aromatic carbocycles. The smallest absolute Gasteiger partial charge is 0.145 e. The van der Waals surface area contributed by atoms with Gasteiger partial charge in [-0.3, -0.25) is 4.57 Å². The van der Waals surface area contributed by atoms with Crippen molar-refractivity contribution in [3.8, 4) is 28.2 Å². The molecule has 1 aromatic heterocycles. The Balaban J connectivity index is 1.30. The molecular weight excluding hydrogens is 612 g/mol. The van der Waals surface area contributed by atoms with Gasteiger partial charge >= 0.3 is 0 Å². The third-order valence-electron chi connectivity index (χ3n) is 9.62. The van der Waals surface area contributed by atoms with E-state index >= 15 is 0 Å². The zero-order valence-electron chi connectivity index (χ0n) is 25.1. The number of hydrogen-bond donors (Lipinski definition) is 0. The molecular formula is C42H29BrN2. The van der Waals surface area contributed by atoms with Gasteiger partial charge in [0.05, 0.1) is 11.0 Å². The van der Waals surface area contributed by atoms with Gasteiger partial charge < -0.3 is 0 Å². The van der Waals surface area contributed by atoms with Crippen LogP contribution in [0.15, 0.2) is 132 Å². The summed E-state index contributed by atoms with van der Waals surface area (Å²) in [6.07, 6.45) is 4.69. The van der Waals surface area contributed by atoms with Crippen molar-refractivity contribution in [2.75, 3.05) is 0 Å². The zero-order valence-corrected chi connectivity index (χ0v) is 26.6. The fraction of sp³-hybridized carbons (Fsp3) is 0.0714. The topological polar surface area (TPSA) is 17.8 Å². The second-order valence-electron chi connectivity index (χ2n) is 12.6. The van der Waals surface area contributed by atoms with Crippen molar-refractivity contribution in [3.63, 3.8) is 0 Å². The summed E-state index contributed by atoms with van der Waals surface area (Å²) >= 11 is 4.08. The molecule has 3 heteroatoms. The maximum atomic E-state index is 5.14. The number of aromatic nitrogens is 2. The Labute approximate surface area is 270 Å². The molecule has 0 unspecified atom stereocenters. The van der Waals surface area contributed by atoms with Crippen LogP contribution in [-0.2, 0) is 5.41 Å². The van der Waals surface area contributed by atoms with Gasteiger partial charge in [-0.1, -0.05) is 105 Å². The summed E-state index contributed by atoms with van der Waals surface area (Å²) in [5, 5.41) is 5.11. The average molecular weight is 642 g/mol. The van der Waals surface area contributed by atoms with E-state index in [4.69, 9.17) is 4.98 Å². The van der Waals surface area contributed by atoms with E-state index in [1.165, 1.54) is 58.7 Å². The minimum absolute atomic E-state index is 0.119. The predicted octanol–water partition coefficient (Wildman–Crippen LogP) is 9.02. The molecule has 0 atom stereocenters. The number of fused-ring (bicyclic) bond motifs is 5.